The summed E-state index contributed by atoms with van der Waals surface area (Å²) in [7, 11) is 3.39. The van der Waals surface area contributed by atoms with E-state index >= 15 is 0 Å². The molecule has 0 aliphatic heterocycles. The van der Waals surface area contributed by atoms with E-state index in [2.05, 4.69) is 24.4 Å². The van der Waals surface area contributed by atoms with Crippen LogP contribution in [-0.4, -0.2) is 20.8 Å². The maximum absolute atomic E-state index is 5.42. The van der Waals surface area contributed by atoms with Gasteiger partial charge in [-0.15, -0.1) is 0 Å². The molecule has 1 atom stereocenters. The predicted octanol–water partition coefficient (Wildman–Crippen LogP) is 3.08. The molecular weight excluding hydrogens is 226 g/mol. The van der Waals surface area contributed by atoms with Crippen molar-refractivity contribution >= 4 is 0 Å². The molecule has 18 heavy (non-hydrogen) atoms. The largest absolute Gasteiger partial charge is 0.493 e. The molecule has 1 aliphatic rings. The third kappa shape index (κ3) is 2.61. The number of hydrogen-bond donors (Lipinski definition) is 1. The summed E-state index contributed by atoms with van der Waals surface area (Å²) in [5, 5.41) is 3.57. The fourth-order valence-corrected chi connectivity index (χ4v) is 2.76. The highest BCUT2D eigenvalue weighted by Gasteiger charge is 2.20. The van der Waals surface area contributed by atoms with Crippen molar-refractivity contribution in [2.75, 3.05) is 20.8 Å². The SMILES string of the molecule is CCNC1CCCCc2cc(OC)c(OC)cc21. The summed E-state index contributed by atoms with van der Waals surface area (Å²) in [6, 6.07) is 4.74. The van der Waals surface area contributed by atoms with Gasteiger partial charge in [0.05, 0.1) is 14.2 Å². The Morgan fingerprint density at radius 2 is 1.89 bits per heavy atom. The van der Waals surface area contributed by atoms with E-state index < -0.39 is 0 Å². The van der Waals surface area contributed by atoms with Gasteiger partial charge in [0.25, 0.3) is 0 Å². The molecule has 2 rings (SSSR count). The Balaban J connectivity index is 2.42. The molecule has 0 aromatic heterocycles. The van der Waals surface area contributed by atoms with Gasteiger partial charge in [0.1, 0.15) is 0 Å². The van der Waals surface area contributed by atoms with Crippen LogP contribution in [0.1, 0.15) is 43.4 Å². The number of fused-ring (bicyclic) bond motifs is 1. The Bertz CT molecular complexity index is 404. The standard InChI is InChI=1S/C15H23NO2/c1-4-16-13-8-6-5-7-11-9-14(17-2)15(18-3)10-12(11)13/h9-10,13,16H,4-8H2,1-3H3. The lowest BCUT2D eigenvalue weighted by Gasteiger charge is -2.20. The number of methoxy groups -OCH3 is 2. The number of benzene rings is 1. The zero-order valence-electron chi connectivity index (χ0n) is 11.6. The first kappa shape index (κ1) is 13.2. The number of rotatable bonds is 4. The van der Waals surface area contributed by atoms with Crippen molar-refractivity contribution < 1.29 is 9.47 Å². The van der Waals surface area contributed by atoms with Gasteiger partial charge in [-0.2, -0.15) is 0 Å². The molecule has 1 aromatic rings. The molecular formula is C15H23NO2. The minimum absolute atomic E-state index is 0.451. The van der Waals surface area contributed by atoms with Crippen LogP contribution in [0.15, 0.2) is 12.1 Å². The second-order valence-electron chi connectivity index (χ2n) is 4.76. The predicted molar refractivity (Wildman–Crippen MR) is 73.5 cm³/mol. The highest BCUT2D eigenvalue weighted by atomic mass is 16.5. The second kappa shape index (κ2) is 6.10. The molecule has 0 amide bonds. The molecule has 0 saturated carbocycles. The monoisotopic (exact) mass is 249 g/mol. The second-order valence-corrected chi connectivity index (χ2v) is 4.76. The van der Waals surface area contributed by atoms with Gasteiger partial charge in [-0.3, -0.25) is 0 Å². The van der Waals surface area contributed by atoms with Crippen LogP contribution in [-0.2, 0) is 6.42 Å². The summed E-state index contributed by atoms with van der Waals surface area (Å²) in [5.74, 6) is 1.68. The van der Waals surface area contributed by atoms with Gasteiger partial charge in [0, 0.05) is 6.04 Å². The van der Waals surface area contributed by atoms with E-state index in [-0.39, 0.29) is 0 Å². The molecule has 1 aliphatic carbocycles. The van der Waals surface area contributed by atoms with Gasteiger partial charge in [-0.25, -0.2) is 0 Å². The molecule has 100 valence electrons. The molecule has 1 unspecified atom stereocenters. The van der Waals surface area contributed by atoms with E-state index in [1.165, 1.54) is 30.4 Å². The lowest BCUT2D eigenvalue weighted by Crippen LogP contribution is -2.21. The molecule has 0 radical (unpaired) electrons. The van der Waals surface area contributed by atoms with E-state index in [0.29, 0.717) is 6.04 Å². The van der Waals surface area contributed by atoms with Gasteiger partial charge in [-0.1, -0.05) is 13.3 Å². The number of nitrogens with one attached hydrogen (secondary N) is 1. The van der Waals surface area contributed by atoms with Crippen molar-refractivity contribution in [3.8, 4) is 11.5 Å². The average Bonchev–Trinajstić information content (AvgIpc) is 2.60. The third-order valence-corrected chi connectivity index (χ3v) is 3.66. The Morgan fingerprint density at radius 3 is 2.56 bits per heavy atom. The minimum Gasteiger partial charge on any atom is -0.493 e. The first-order chi connectivity index (χ1) is 8.80. The molecule has 1 N–H and O–H groups in total. The Labute approximate surface area is 109 Å². The Kier molecular flexibility index (Phi) is 4.48. The summed E-state index contributed by atoms with van der Waals surface area (Å²) in [5.41, 5.74) is 2.78. The van der Waals surface area contributed by atoms with Crippen LogP contribution in [0.2, 0.25) is 0 Å². The first-order valence-corrected chi connectivity index (χ1v) is 6.78. The quantitative estimate of drug-likeness (QED) is 0.832. The van der Waals surface area contributed by atoms with Gasteiger partial charge >= 0.3 is 0 Å². The molecule has 3 heteroatoms. The number of ether oxygens (including phenoxy) is 2. The summed E-state index contributed by atoms with van der Waals surface area (Å²) in [6.07, 6.45) is 4.87. The van der Waals surface area contributed by atoms with Crippen molar-refractivity contribution in [2.45, 2.75) is 38.6 Å². The molecule has 3 nitrogen and oxygen atoms in total. The smallest absolute Gasteiger partial charge is 0.161 e. The summed E-state index contributed by atoms with van der Waals surface area (Å²) < 4.78 is 10.8. The maximum atomic E-state index is 5.42. The fourth-order valence-electron chi connectivity index (χ4n) is 2.76. The highest BCUT2D eigenvalue weighted by Crippen LogP contribution is 2.37. The van der Waals surface area contributed by atoms with Gasteiger partial charge in [0.15, 0.2) is 11.5 Å². The maximum Gasteiger partial charge on any atom is 0.161 e. The lowest BCUT2D eigenvalue weighted by molar-refractivity contribution is 0.353. The van der Waals surface area contributed by atoms with Gasteiger partial charge in [0.2, 0.25) is 0 Å². The lowest BCUT2D eigenvalue weighted by atomic mass is 9.98. The Morgan fingerprint density at radius 1 is 1.17 bits per heavy atom. The van der Waals surface area contributed by atoms with E-state index in [0.717, 1.165) is 24.5 Å². The summed E-state index contributed by atoms with van der Waals surface area (Å²) in [6.45, 7) is 3.16. The zero-order chi connectivity index (χ0) is 13.0. The summed E-state index contributed by atoms with van der Waals surface area (Å²) in [4.78, 5) is 0. The fraction of sp³-hybridized carbons (Fsp3) is 0.600. The average molecular weight is 249 g/mol. The molecule has 0 bridgehead atoms. The van der Waals surface area contributed by atoms with Crippen molar-refractivity contribution in [2.24, 2.45) is 0 Å². The van der Waals surface area contributed by atoms with Gasteiger partial charge < -0.3 is 14.8 Å². The van der Waals surface area contributed by atoms with E-state index in [1.54, 1.807) is 14.2 Å². The summed E-state index contributed by atoms with van der Waals surface area (Å²) >= 11 is 0. The van der Waals surface area contributed by atoms with Crippen LogP contribution in [0.25, 0.3) is 0 Å². The Hall–Kier alpha value is -1.22. The normalized spacial score (nSPS) is 18.9. The van der Waals surface area contributed by atoms with Gasteiger partial charge in [-0.05, 0) is 49.1 Å². The molecule has 1 aromatic carbocycles. The molecule has 0 heterocycles. The zero-order valence-corrected chi connectivity index (χ0v) is 11.6. The molecule has 0 spiro atoms. The van der Waals surface area contributed by atoms with Crippen molar-refractivity contribution in [3.63, 3.8) is 0 Å². The number of hydrogen-bond acceptors (Lipinski definition) is 3. The topological polar surface area (TPSA) is 30.5 Å². The van der Waals surface area contributed by atoms with Crippen LogP contribution in [0.5, 0.6) is 11.5 Å². The van der Waals surface area contributed by atoms with Crippen LogP contribution >= 0.6 is 0 Å². The van der Waals surface area contributed by atoms with E-state index in [4.69, 9.17) is 9.47 Å². The highest BCUT2D eigenvalue weighted by molar-refractivity contribution is 5.49. The number of aryl methyl sites for hydroxylation is 1. The van der Waals surface area contributed by atoms with Crippen LogP contribution in [0, 0.1) is 0 Å². The molecule has 0 fully saturated rings. The van der Waals surface area contributed by atoms with Crippen LogP contribution < -0.4 is 14.8 Å². The third-order valence-electron chi connectivity index (χ3n) is 3.66. The van der Waals surface area contributed by atoms with Crippen molar-refractivity contribution in [3.05, 3.63) is 23.3 Å². The van der Waals surface area contributed by atoms with Crippen LogP contribution in [0.4, 0.5) is 0 Å². The molecule has 0 saturated heterocycles. The van der Waals surface area contributed by atoms with Crippen molar-refractivity contribution in [1.82, 2.24) is 5.32 Å². The minimum atomic E-state index is 0.451. The first-order valence-electron chi connectivity index (χ1n) is 6.78. The van der Waals surface area contributed by atoms with Crippen LogP contribution in [0.3, 0.4) is 0 Å². The van der Waals surface area contributed by atoms with E-state index in [1.807, 2.05) is 0 Å². The van der Waals surface area contributed by atoms with E-state index in [9.17, 15) is 0 Å². The van der Waals surface area contributed by atoms with Crippen molar-refractivity contribution in [1.29, 1.82) is 0 Å².